The molecule has 8 heteroatoms. The molecule has 1 aromatic heterocycles. The molecule has 0 aliphatic heterocycles. The standard InChI is InChI=1S/C16H18FN3O2.2ClH/c1-18-9-7-15(21)20-11-12-4-3-8-19-16(12)22-14-6-2-5-13(17)10-14;;/h2-6,8,10,18H,7,9,11H2,1H3,(H,20,21);2*1H. The summed E-state index contributed by atoms with van der Waals surface area (Å²) in [5, 5.41) is 5.71. The predicted octanol–water partition coefficient (Wildman–Crippen LogP) is 3.08. The van der Waals surface area contributed by atoms with E-state index in [9.17, 15) is 9.18 Å². The molecule has 0 spiro atoms. The van der Waals surface area contributed by atoms with Gasteiger partial charge in [0.1, 0.15) is 11.6 Å². The van der Waals surface area contributed by atoms with Crippen LogP contribution in [0.15, 0.2) is 42.6 Å². The number of pyridine rings is 1. The molecular formula is C16H20Cl2FN3O2. The summed E-state index contributed by atoms with van der Waals surface area (Å²) in [5.41, 5.74) is 0.726. The Morgan fingerprint density at radius 1 is 1.25 bits per heavy atom. The van der Waals surface area contributed by atoms with Crippen molar-refractivity contribution >= 4 is 30.7 Å². The highest BCUT2D eigenvalue weighted by Crippen LogP contribution is 2.23. The number of hydrogen-bond acceptors (Lipinski definition) is 4. The van der Waals surface area contributed by atoms with Crippen LogP contribution < -0.4 is 15.4 Å². The lowest BCUT2D eigenvalue weighted by Gasteiger charge is -2.11. The molecular weight excluding hydrogens is 356 g/mol. The SMILES string of the molecule is CNCCC(=O)NCc1cccnc1Oc1cccc(F)c1.Cl.Cl. The smallest absolute Gasteiger partial charge is 0.224 e. The summed E-state index contributed by atoms with van der Waals surface area (Å²) in [6, 6.07) is 9.39. The van der Waals surface area contributed by atoms with E-state index in [1.54, 1.807) is 37.5 Å². The molecule has 2 rings (SSSR count). The predicted molar refractivity (Wildman–Crippen MR) is 95.6 cm³/mol. The maximum absolute atomic E-state index is 13.2. The van der Waals surface area contributed by atoms with Crippen molar-refractivity contribution in [2.75, 3.05) is 13.6 Å². The van der Waals surface area contributed by atoms with Gasteiger partial charge < -0.3 is 15.4 Å². The Labute approximate surface area is 152 Å². The van der Waals surface area contributed by atoms with Gasteiger partial charge in [-0.3, -0.25) is 4.79 Å². The third kappa shape index (κ3) is 7.12. The van der Waals surface area contributed by atoms with Crippen LogP contribution in [0.5, 0.6) is 11.6 Å². The van der Waals surface area contributed by atoms with Gasteiger partial charge in [0.25, 0.3) is 0 Å². The molecule has 0 fully saturated rings. The molecule has 24 heavy (non-hydrogen) atoms. The quantitative estimate of drug-likeness (QED) is 0.780. The molecule has 5 nitrogen and oxygen atoms in total. The average Bonchev–Trinajstić information content (AvgIpc) is 2.52. The highest BCUT2D eigenvalue weighted by Gasteiger charge is 2.08. The molecule has 0 aliphatic rings. The third-order valence-electron chi connectivity index (χ3n) is 2.94. The number of benzene rings is 1. The molecule has 0 saturated heterocycles. The van der Waals surface area contributed by atoms with Gasteiger partial charge in [0.2, 0.25) is 11.8 Å². The molecule has 0 saturated carbocycles. The Bertz CT molecular complexity index is 644. The van der Waals surface area contributed by atoms with Crippen LogP contribution in [-0.4, -0.2) is 24.5 Å². The Morgan fingerprint density at radius 2 is 2.04 bits per heavy atom. The first kappa shape index (κ1) is 22.1. The Kier molecular flexibility index (Phi) is 10.7. The van der Waals surface area contributed by atoms with E-state index >= 15 is 0 Å². The van der Waals surface area contributed by atoms with E-state index in [1.807, 2.05) is 0 Å². The summed E-state index contributed by atoms with van der Waals surface area (Å²) in [6.07, 6.45) is 1.98. The molecule has 1 heterocycles. The number of rotatable bonds is 7. The van der Waals surface area contributed by atoms with Crippen LogP contribution in [0.3, 0.4) is 0 Å². The van der Waals surface area contributed by atoms with Gasteiger partial charge in [0.05, 0.1) is 0 Å². The van der Waals surface area contributed by atoms with Gasteiger partial charge in [-0.05, 0) is 25.2 Å². The van der Waals surface area contributed by atoms with Crippen molar-refractivity contribution in [2.24, 2.45) is 0 Å². The summed E-state index contributed by atoms with van der Waals surface area (Å²) >= 11 is 0. The lowest BCUT2D eigenvalue weighted by molar-refractivity contribution is -0.121. The molecule has 2 N–H and O–H groups in total. The summed E-state index contributed by atoms with van der Waals surface area (Å²) < 4.78 is 18.8. The average molecular weight is 376 g/mol. The zero-order valence-electron chi connectivity index (χ0n) is 13.1. The molecule has 132 valence electrons. The van der Waals surface area contributed by atoms with E-state index < -0.39 is 0 Å². The Balaban J connectivity index is 0.00000264. The summed E-state index contributed by atoms with van der Waals surface area (Å²) in [7, 11) is 1.79. The van der Waals surface area contributed by atoms with Crippen molar-refractivity contribution < 1.29 is 13.9 Å². The van der Waals surface area contributed by atoms with E-state index in [0.29, 0.717) is 31.1 Å². The van der Waals surface area contributed by atoms with Gasteiger partial charge in [-0.2, -0.15) is 0 Å². The molecule has 2 aromatic rings. The Hall–Kier alpha value is -1.89. The van der Waals surface area contributed by atoms with Gasteiger partial charge in [-0.25, -0.2) is 9.37 Å². The van der Waals surface area contributed by atoms with Gasteiger partial charge in [0.15, 0.2) is 0 Å². The van der Waals surface area contributed by atoms with E-state index in [4.69, 9.17) is 4.74 Å². The minimum Gasteiger partial charge on any atom is -0.439 e. The number of amides is 1. The van der Waals surface area contributed by atoms with E-state index in [2.05, 4.69) is 15.6 Å². The summed E-state index contributed by atoms with van der Waals surface area (Å²) in [4.78, 5) is 15.8. The van der Waals surface area contributed by atoms with Crippen molar-refractivity contribution in [3.8, 4) is 11.6 Å². The number of carbonyl (C=O) groups is 1. The fourth-order valence-corrected chi connectivity index (χ4v) is 1.81. The van der Waals surface area contributed by atoms with Gasteiger partial charge in [0, 0.05) is 37.3 Å². The topological polar surface area (TPSA) is 63.2 Å². The minimum absolute atomic E-state index is 0. The number of aromatic nitrogens is 1. The van der Waals surface area contributed by atoms with Crippen molar-refractivity contribution in [3.05, 3.63) is 54.0 Å². The van der Waals surface area contributed by atoms with Crippen LogP contribution in [-0.2, 0) is 11.3 Å². The normalized spacial score (nSPS) is 9.42. The van der Waals surface area contributed by atoms with Crippen LogP contribution >= 0.6 is 24.8 Å². The molecule has 0 bridgehead atoms. The van der Waals surface area contributed by atoms with E-state index in [-0.39, 0.29) is 36.5 Å². The molecule has 0 unspecified atom stereocenters. The van der Waals surface area contributed by atoms with Crippen molar-refractivity contribution in [1.29, 1.82) is 0 Å². The second kappa shape index (κ2) is 11.6. The monoisotopic (exact) mass is 375 g/mol. The van der Waals surface area contributed by atoms with Gasteiger partial charge in [-0.15, -0.1) is 24.8 Å². The lowest BCUT2D eigenvalue weighted by Crippen LogP contribution is -2.26. The molecule has 1 aromatic carbocycles. The van der Waals surface area contributed by atoms with Crippen molar-refractivity contribution in [2.45, 2.75) is 13.0 Å². The largest absolute Gasteiger partial charge is 0.439 e. The maximum Gasteiger partial charge on any atom is 0.224 e. The highest BCUT2D eigenvalue weighted by molar-refractivity contribution is 5.85. The van der Waals surface area contributed by atoms with E-state index in [0.717, 1.165) is 5.56 Å². The van der Waals surface area contributed by atoms with Crippen molar-refractivity contribution in [1.82, 2.24) is 15.6 Å². The number of nitrogens with one attached hydrogen (secondary N) is 2. The second-order valence-corrected chi connectivity index (χ2v) is 4.66. The third-order valence-corrected chi connectivity index (χ3v) is 2.94. The molecule has 0 radical (unpaired) electrons. The molecule has 1 amide bonds. The summed E-state index contributed by atoms with van der Waals surface area (Å²) in [5.74, 6) is 0.272. The van der Waals surface area contributed by atoms with Crippen molar-refractivity contribution in [3.63, 3.8) is 0 Å². The Morgan fingerprint density at radius 3 is 2.75 bits per heavy atom. The van der Waals surface area contributed by atoms with Crippen LogP contribution in [0, 0.1) is 5.82 Å². The van der Waals surface area contributed by atoms with Crippen LogP contribution in [0.4, 0.5) is 4.39 Å². The minimum atomic E-state index is -0.379. The fourth-order valence-electron chi connectivity index (χ4n) is 1.81. The number of carbonyl (C=O) groups excluding carboxylic acids is 1. The van der Waals surface area contributed by atoms with Gasteiger partial charge >= 0.3 is 0 Å². The number of ether oxygens (including phenoxy) is 1. The number of halogens is 3. The first-order valence-corrected chi connectivity index (χ1v) is 6.97. The van der Waals surface area contributed by atoms with E-state index in [1.165, 1.54) is 12.1 Å². The number of nitrogens with zero attached hydrogens (tertiary/aromatic N) is 1. The van der Waals surface area contributed by atoms with Crippen LogP contribution in [0.1, 0.15) is 12.0 Å². The highest BCUT2D eigenvalue weighted by atomic mass is 35.5. The number of hydrogen-bond donors (Lipinski definition) is 2. The maximum atomic E-state index is 13.2. The fraction of sp³-hybridized carbons (Fsp3) is 0.250. The van der Waals surface area contributed by atoms with Crippen LogP contribution in [0.2, 0.25) is 0 Å². The van der Waals surface area contributed by atoms with Gasteiger partial charge in [-0.1, -0.05) is 12.1 Å². The second-order valence-electron chi connectivity index (χ2n) is 4.66. The zero-order chi connectivity index (χ0) is 15.8. The zero-order valence-corrected chi connectivity index (χ0v) is 14.8. The van der Waals surface area contributed by atoms with Crippen LogP contribution in [0.25, 0.3) is 0 Å². The molecule has 0 atom stereocenters. The first-order valence-electron chi connectivity index (χ1n) is 6.97. The lowest BCUT2D eigenvalue weighted by atomic mass is 10.2. The summed E-state index contributed by atoms with van der Waals surface area (Å²) in [6.45, 7) is 0.923. The first-order chi connectivity index (χ1) is 10.7. The molecule has 0 aliphatic carbocycles.